The molecule has 0 unspecified atom stereocenters. The van der Waals surface area contributed by atoms with Crippen molar-refractivity contribution in [2.75, 3.05) is 26.4 Å². The Hall–Kier alpha value is -2.32. The number of aromatic nitrogens is 3. The number of hydrogen-bond donors (Lipinski definition) is 2. The minimum atomic E-state index is -0.268. The summed E-state index contributed by atoms with van der Waals surface area (Å²) in [7, 11) is 0. The first-order chi connectivity index (χ1) is 13.5. The number of carbonyl (C=O) groups excluding carboxylic acids is 1. The molecule has 0 aliphatic carbocycles. The normalized spacial score (nSPS) is 16.4. The highest BCUT2D eigenvalue weighted by molar-refractivity contribution is 5.93. The zero-order valence-electron chi connectivity index (χ0n) is 17.0. The van der Waals surface area contributed by atoms with E-state index < -0.39 is 0 Å². The van der Waals surface area contributed by atoms with Crippen molar-refractivity contribution >= 4 is 18.3 Å². The van der Waals surface area contributed by atoms with Gasteiger partial charge in [-0.2, -0.15) is 0 Å². The van der Waals surface area contributed by atoms with Crippen LogP contribution in [0.25, 0.3) is 0 Å². The number of benzene rings is 1. The van der Waals surface area contributed by atoms with E-state index in [4.69, 9.17) is 9.47 Å². The molecule has 4 rings (SSSR count). The van der Waals surface area contributed by atoms with Crippen molar-refractivity contribution < 1.29 is 14.3 Å². The molecule has 1 aromatic carbocycles. The number of nitrogens with one attached hydrogen (secondary N) is 2. The molecule has 0 bridgehead atoms. The number of ether oxygens (including phenoxy) is 2. The van der Waals surface area contributed by atoms with Crippen LogP contribution in [-0.2, 0) is 5.41 Å². The highest BCUT2D eigenvalue weighted by Crippen LogP contribution is 2.36. The van der Waals surface area contributed by atoms with Crippen LogP contribution in [0.1, 0.15) is 54.5 Å². The Morgan fingerprint density at radius 2 is 2.00 bits per heavy atom. The number of rotatable bonds is 5. The second kappa shape index (κ2) is 8.59. The van der Waals surface area contributed by atoms with E-state index in [1.54, 1.807) is 0 Å². The second-order valence-corrected chi connectivity index (χ2v) is 8.08. The van der Waals surface area contributed by atoms with Gasteiger partial charge in [-0.25, -0.2) is 4.68 Å². The fourth-order valence-electron chi connectivity index (χ4n) is 3.75. The second-order valence-electron chi connectivity index (χ2n) is 8.08. The molecular formula is C20H28ClN5O3. The van der Waals surface area contributed by atoms with Crippen LogP contribution in [0.5, 0.6) is 11.5 Å². The van der Waals surface area contributed by atoms with Gasteiger partial charge in [0.25, 0.3) is 5.91 Å². The maximum absolute atomic E-state index is 12.7. The molecule has 1 amide bonds. The molecule has 3 heterocycles. The Morgan fingerprint density at radius 3 is 2.76 bits per heavy atom. The summed E-state index contributed by atoms with van der Waals surface area (Å²) in [5.74, 6) is 1.32. The Morgan fingerprint density at radius 1 is 1.28 bits per heavy atom. The van der Waals surface area contributed by atoms with Crippen molar-refractivity contribution in [3.8, 4) is 11.5 Å². The van der Waals surface area contributed by atoms with Crippen molar-refractivity contribution in [1.82, 2.24) is 25.6 Å². The standard InChI is InChI=1S/C20H27N5O3.ClH/c1-13-18(23-24-25(13)15-6-8-21-9-7-15)19(26)22-11-20(2,3)14-4-5-16-17(10-14)28-12-27-16;/h4-5,10,15,21H,6-9,11-12H2,1-3H3,(H,22,26);1H. The van der Waals surface area contributed by atoms with E-state index in [1.807, 2.05) is 29.8 Å². The van der Waals surface area contributed by atoms with Crippen LogP contribution in [0, 0.1) is 6.92 Å². The summed E-state index contributed by atoms with van der Waals surface area (Å²) in [5, 5.41) is 14.8. The quantitative estimate of drug-likeness (QED) is 0.770. The van der Waals surface area contributed by atoms with E-state index in [1.165, 1.54) is 0 Å². The molecule has 29 heavy (non-hydrogen) atoms. The smallest absolute Gasteiger partial charge is 0.273 e. The molecule has 158 valence electrons. The summed E-state index contributed by atoms with van der Waals surface area (Å²) in [6.45, 7) is 8.75. The topological polar surface area (TPSA) is 90.3 Å². The molecular weight excluding hydrogens is 394 g/mol. The largest absolute Gasteiger partial charge is 0.454 e. The lowest BCUT2D eigenvalue weighted by molar-refractivity contribution is 0.0940. The molecule has 1 aromatic heterocycles. The van der Waals surface area contributed by atoms with Crippen molar-refractivity contribution in [2.45, 2.75) is 45.1 Å². The van der Waals surface area contributed by atoms with E-state index in [2.05, 4.69) is 34.8 Å². The summed E-state index contributed by atoms with van der Waals surface area (Å²) in [6.07, 6.45) is 2.00. The van der Waals surface area contributed by atoms with Crippen LogP contribution in [0.4, 0.5) is 0 Å². The van der Waals surface area contributed by atoms with Crippen molar-refractivity contribution in [1.29, 1.82) is 0 Å². The Labute approximate surface area is 176 Å². The third-order valence-corrected chi connectivity index (χ3v) is 5.64. The predicted octanol–water partition coefficient (Wildman–Crippen LogP) is 2.37. The van der Waals surface area contributed by atoms with Crippen molar-refractivity contribution in [2.24, 2.45) is 0 Å². The number of nitrogens with zero attached hydrogens (tertiary/aromatic N) is 3. The lowest BCUT2D eigenvalue weighted by Crippen LogP contribution is -2.37. The summed E-state index contributed by atoms with van der Waals surface area (Å²) in [4.78, 5) is 12.7. The summed E-state index contributed by atoms with van der Waals surface area (Å²) >= 11 is 0. The van der Waals surface area contributed by atoms with Gasteiger partial charge in [0.05, 0.1) is 11.7 Å². The fraction of sp³-hybridized carbons (Fsp3) is 0.550. The van der Waals surface area contributed by atoms with Gasteiger partial charge in [0, 0.05) is 12.0 Å². The fourth-order valence-corrected chi connectivity index (χ4v) is 3.75. The highest BCUT2D eigenvalue weighted by Gasteiger charge is 2.27. The molecule has 9 heteroatoms. The van der Waals surface area contributed by atoms with E-state index in [0.29, 0.717) is 18.3 Å². The van der Waals surface area contributed by atoms with Crippen LogP contribution in [0.15, 0.2) is 18.2 Å². The first-order valence-corrected chi connectivity index (χ1v) is 9.76. The van der Waals surface area contributed by atoms with E-state index in [9.17, 15) is 4.79 Å². The Balaban J connectivity index is 0.00000240. The van der Waals surface area contributed by atoms with Crippen molar-refractivity contribution in [3.05, 3.63) is 35.2 Å². The zero-order valence-corrected chi connectivity index (χ0v) is 17.8. The van der Waals surface area contributed by atoms with Gasteiger partial charge in [0.1, 0.15) is 0 Å². The van der Waals surface area contributed by atoms with Gasteiger partial charge in [-0.3, -0.25) is 4.79 Å². The average Bonchev–Trinajstić information content (AvgIpc) is 3.32. The van der Waals surface area contributed by atoms with Crippen LogP contribution in [0.2, 0.25) is 0 Å². The number of amides is 1. The molecule has 1 saturated heterocycles. The maximum atomic E-state index is 12.7. The number of piperidine rings is 1. The van der Waals surface area contributed by atoms with Gasteiger partial charge < -0.3 is 20.1 Å². The third-order valence-electron chi connectivity index (χ3n) is 5.64. The molecule has 0 spiro atoms. The summed E-state index contributed by atoms with van der Waals surface area (Å²) in [6, 6.07) is 6.21. The molecule has 1 fully saturated rings. The van der Waals surface area contributed by atoms with Gasteiger partial charge >= 0.3 is 0 Å². The van der Waals surface area contributed by atoms with Gasteiger partial charge in [-0.05, 0) is 50.6 Å². The number of halogens is 1. The maximum Gasteiger partial charge on any atom is 0.273 e. The Kier molecular flexibility index (Phi) is 6.33. The number of carbonyl (C=O) groups is 1. The first kappa shape index (κ1) is 21.4. The molecule has 0 atom stereocenters. The van der Waals surface area contributed by atoms with Crippen LogP contribution in [0.3, 0.4) is 0 Å². The van der Waals surface area contributed by atoms with Crippen LogP contribution in [-0.4, -0.2) is 47.3 Å². The zero-order chi connectivity index (χ0) is 19.7. The summed E-state index contributed by atoms with van der Waals surface area (Å²) < 4.78 is 12.7. The lowest BCUT2D eigenvalue weighted by atomic mass is 9.84. The third kappa shape index (κ3) is 4.33. The number of hydrogen-bond acceptors (Lipinski definition) is 6. The molecule has 0 saturated carbocycles. The van der Waals surface area contributed by atoms with Gasteiger partial charge in [0.2, 0.25) is 6.79 Å². The van der Waals surface area contributed by atoms with E-state index in [-0.39, 0.29) is 30.5 Å². The van der Waals surface area contributed by atoms with E-state index >= 15 is 0 Å². The minimum absolute atomic E-state index is 0. The summed E-state index contributed by atoms with van der Waals surface area (Å²) in [5.41, 5.74) is 2.03. The predicted molar refractivity (Wildman–Crippen MR) is 111 cm³/mol. The molecule has 2 N–H and O–H groups in total. The monoisotopic (exact) mass is 421 g/mol. The number of fused-ring (bicyclic) bond motifs is 1. The van der Waals surface area contributed by atoms with E-state index in [0.717, 1.165) is 48.7 Å². The lowest BCUT2D eigenvalue weighted by Gasteiger charge is -2.26. The SMILES string of the molecule is Cc1c(C(=O)NCC(C)(C)c2ccc3c(c2)OCO3)nnn1C1CCNCC1.Cl. The molecule has 2 aliphatic rings. The Bertz CT molecular complexity index is 877. The molecule has 8 nitrogen and oxygen atoms in total. The first-order valence-electron chi connectivity index (χ1n) is 9.76. The average molecular weight is 422 g/mol. The highest BCUT2D eigenvalue weighted by atomic mass is 35.5. The van der Waals surface area contributed by atoms with Gasteiger partial charge in [-0.1, -0.05) is 25.1 Å². The molecule has 2 aromatic rings. The molecule has 0 radical (unpaired) electrons. The van der Waals surface area contributed by atoms with Crippen molar-refractivity contribution in [3.63, 3.8) is 0 Å². The van der Waals surface area contributed by atoms with Gasteiger partial charge in [0.15, 0.2) is 17.2 Å². The van der Waals surface area contributed by atoms with Crippen LogP contribution < -0.4 is 20.1 Å². The minimum Gasteiger partial charge on any atom is -0.454 e. The van der Waals surface area contributed by atoms with Gasteiger partial charge in [-0.15, -0.1) is 17.5 Å². The molecule has 2 aliphatic heterocycles. The van der Waals surface area contributed by atoms with Crippen LogP contribution >= 0.6 is 12.4 Å².